The Bertz CT molecular complexity index is 461. The summed E-state index contributed by atoms with van der Waals surface area (Å²) < 4.78 is 10.0. The van der Waals surface area contributed by atoms with Crippen molar-refractivity contribution in [2.24, 2.45) is 5.92 Å². The molecular formula is C12H16N2O5. The summed E-state index contributed by atoms with van der Waals surface area (Å²) in [5, 5.41) is 10.8. The van der Waals surface area contributed by atoms with E-state index in [4.69, 9.17) is 4.74 Å². The third kappa shape index (κ3) is 4.20. The van der Waals surface area contributed by atoms with Crippen molar-refractivity contribution >= 4 is 11.8 Å². The zero-order valence-corrected chi connectivity index (χ0v) is 11.0. The van der Waals surface area contributed by atoms with Gasteiger partial charge in [0, 0.05) is 0 Å². The van der Waals surface area contributed by atoms with Crippen LogP contribution in [-0.2, 0) is 9.53 Å². The van der Waals surface area contributed by atoms with E-state index in [-0.39, 0.29) is 11.7 Å². The fraction of sp³-hybridized carbons (Fsp3) is 0.500. The van der Waals surface area contributed by atoms with Gasteiger partial charge in [0.25, 0.3) is 0 Å². The second-order valence-corrected chi connectivity index (χ2v) is 4.34. The molecule has 1 heterocycles. The fourth-order valence-electron chi connectivity index (χ4n) is 1.52. The zero-order valence-electron chi connectivity index (χ0n) is 11.0. The van der Waals surface area contributed by atoms with Crippen molar-refractivity contribution in [2.45, 2.75) is 26.4 Å². The lowest BCUT2D eigenvalue weighted by molar-refractivity contribution is -0.390. The van der Waals surface area contributed by atoms with Crippen molar-refractivity contribution in [1.29, 1.82) is 0 Å². The number of methoxy groups -OCH3 is 1. The highest BCUT2D eigenvalue weighted by atomic mass is 16.6. The summed E-state index contributed by atoms with van der Waals surface area (Å²) in [5.74, 6) is -0.838. The number of pyridine rings is 1. The number of rotatable bonds is 6. The summed E-state index contributed by atoms with van der Waals surface area (Å²) >= 11 is 0. The molecule has 1 aromatic rings. The van der Waals surface area contributed by atoms with E-state index in [1.165, 1.54) is 25.4 Å². The van der Waals surface area contributed by atoms with Gasteiger partial charge in [-0.15, -0.1) is 0 Å². The van der Waals surface area contributed by atoms with E-state index >= 15 is 0 Å². The van der Waals surface area contributed by atoms with E-state index in [2.05, 4.69) is 9.72 Å². The van der Waals surface area contributed by atoms with Crippen molar-refractivity contribution in [2.75, 3.05) is 7.11 Å². The maximum Gasteiger partial charge on any atom is 0.406 e. The molecule has 0 radical (unpaired) electrons. The number of hydrogen-bond donors (Lipinski definition) is 0. The molecule has 0 N–H and O–H groups in total. The fourth-order valence-corrected chi connectivity index (χ4v) is 1.52. The van der Waals surface area contributed by atoms with Crippen LogP contribution >= 0.6 is 0 Å². The summed E-state index contributed by atoms with van der Waals surface area (Å²) in [6.45, 7) is 3.83. The lowest BCUT2D eigenvalue weighted by Crippen LogP contribution is -2.30. The van der Waals surface area contributed by atoms with Gasteiger partial charge in [0.1, 0.15) is 6.20 Å². The highest BCUT2D eigenvalue weighted by molar-refractivity contribution is 5.75. The van der Waals surface area contributed by atoms with Crippen molar-refractivity contribution in [3.8, 4) is 5.75 Å². The van der Waals surface area contributed by atoms with Gasteiger partial charge in [-0.25, -0.2) is 4.79 Å². The van der Waals surface area contributed by atoms with Crippen LogP contribution in [0.25, 0.3) is 0 Å². The van der Waals surface area contributed by atoms with Crippen LogP contribution in [0.1, 0.15) is 20.3 Å². The Labute approximate surface area is 110 Å². The number of aromatic nitrogens is 1. The Balaban J connectivity index is 2.96. The SMILES string of the molecule is COC(=O)C(CC(C)C)Oc1cccnc1[N+](=O)[O-]. The lowest BCUT2D eigenvalue weighted by atomic mass is 10.1. The van der Waals surface area contributed by atoms with E-state index in [0.717, 1.165) is 0 Å². The molecule has 0 aliphatic rings. The van der Waals surface area contributed by atoms with E-state index in [1.54, 1.807) is 0 Å². The normalized spacial score (nSPS) is 12.0. The molecule has 0 bridgehead atoms. The Morgan fingerprint density at radius 2 is 2.21 bits per heavy atom. The minimum Gasteiger partial charge on any atom is -0.470 e. The second-order valence-electron chi connectivity index (χ2n) is 4.34. The summed E-state index contributed by atoms with van der Waals surface area (Å²) in [4.78, 5) is 25.4. The minimum atomic E-state index is -0.882. The smallest absolute Gasteiger partial charge is 0.406 e. The number of carbonyl (C=O) groups is 1. The maximum atomic E-state index is 11.6. The average Bonchev–Trinajstić information content (AvgIpc) is 2.36. The van der Waals surface area contributed by atoms with Gasteiger partial charge in [-0.1, -0.05) is 13.8 Å². The molecule has 0 fully saturated rings. The third-order valence-corrected chi connectivity index (χ3v) is 2.34. The van der Waals surface area contributed by atoms with Crippen LogP contribution in [0, 0.1) is 16.0 Å². The largest absolute Gasteiger partial charge is 0.470 e. The molecule has 1 atom stereocenters. The number of nitrogens with zero attached hydrogens (tertiary/aromatic N) is 2. The Kier molecular flexibility index (Phi) is 5.23. The molecule has 7 nitrogen and oxygen atoms in total. The summed E-state index contributed by atoms with van der Waals surface area (Å²) in [5.41, 5.74) is 0. The predicted octanol–water partition coefficient (Wildman–Crippen LogP) is 1.96. The predicted molar refractivity (Wildman–Crippen MR) is 66.8 cm³/mol. The molecule has 0 aliphatic carbocycles. The molecule has 7 heteroatoms. The first kappa shape index (κ1) is 14.9. The van der Waals surface area contributed by atoms with Crippen LogP contribution in [-0.4, -0.2) is 29.1 Å². The minimum absolute atomic E-state index is 0.0384. The quantitative estimate of drug-likeness (QED) is 0.445. The molecule has 1 unspecified atom stereocenters. The van der Waals surface area contributed by atoms with E-state index < -0.39 is 22.8 Å². The first-order valence-electron chi connectivity index (χ1n) is 5.79. The van der Waals surface area contributed by atoms with E-state index in [1.807, 2.05) is 13.8 Å². The monoisotopic (exact) mass is 268 g/mol. The zero-order chi connectivity index (χ0) is 14.4. The summed E-state index contributed by atoms with van der Waals surface area (Å²) in [6, 6.07) is 2.91. The molecule has 19 heavy (non-hydrogen) atoms. The van der Waals surface area contributed by atoms with Gasteiger partial charge in [-0.05, 0) is 34.4 Å². The molecule has 0 saturated carbocycles. The Hall–Kier alpha value is -2.18. The number of nitro groups is 1. The van der Waals surface area contributed by atoms with Gasteiger partial charge < -0.3 is 19.6 Å². The van der Waals surface area contributed by atoms with Crippen LogP contribution in [0.2, 0.25) is 0 Å². The van der Waals surface area contributed by atoms with Gasteiger partial charge >= 0.3 is 11.8 Å². The van der Waals surface area contributed by atoms with Gasteiger partial charge in [-0.3, -0.25) is 0 Å². The van der Waals surface area contributed by atoms with Gasteiger partial charge in [0.15, 0.2) is 6.10 Å². The number of esters is 1. The lowest BCUT2D eigenvalue weighted by Gasteiger charge is -2.18. The third-order valence-electron chi connectivity index (χ3n) is 2.34. The summed E-state index contributed by atoms with van der Waals surface area (Å²) in [7, 11) is 1.25. The molecule has 0 aliphatic heterocycles. The molecule has 1 aromatic heterocycles. The van der Waals surface area contributed by atoms with E-state index in [0.29, 0.717) is 6.42 Å². The van der Waals surface area contributed by atoms with Crippen molar-refractivity contribution < 1.29 is 19.2 Å². The Morgan fingerprint density at radius 1 is 1.53 bits per heavy atom. The standard InChI is InChI=1S/C12H16N2O5/c1-8(2)7-10(12(15)18-3)19-9-5-4-6-13-11(9)14(16)17/h4-6,8,10H,7H2,1-3H3. The van der Waals surface area contributed by atoms with E-state index in [9.17, 15) is 14.9 Å². The molecule has 104 valence electrons. The first-order valence-corrected chi connectivity index (χ1v) is 5.79. The molecule has 0 aromatic carbocycles. The highest BCUT2D eigenvalue weighted by Crippen LogP contribution is 2.25. The first-order chi connectivity index (χ1) is 8.95. The highest BCUT2D eigenvalue weighted by Gasteiger charge is 2.26. The van der Waals surface area contributed by atoms with Crippen LogP contribution < -0.4 is 4.74 Å². The number of hydrogen-bond acceptors (Lipinski definition) is 6. The van der Waals surface area contributed by atoms with Crippen molar-refractivity contribution in [3.05, 3.63) is 28.4 Å². The van der Waals surface area contributed by atoms with Gasteiger partial charge in [0.2, 0.25) is 5.75 Å². The number of carbonyl (C=O) groups excluding carboxylic acids is 1. The van der Waals surface area contributed by atoms with Crippen molar-refractivity contribution in [1.82, 2.24) is 4.98 Å². The molecule has 0 amide bonds. The second kappa shape index (κ2) is 6.67. The molecular weight excluding hydrogens is 252 g/mol. The van der Waals surface area contributed by atoms with Crippen LogP contribution in [0.5, 0.6) is 5.75 Å². The Morgan fingerprint density at radius 3 is 2.74 bits per heavy atom. The average molecular weight is 268 g/mol. The summed E-state index contributed by atoms with van der Waals surface area (Å²) in [6.07, 6.45) is 0.812. The topological polar surface area (TPSA) is 91.6 Å². The molecule has 0 saturated heterocycles. The number of ether oxygens (including phenoxy) is 2. The van der Waals surface area contributed by atoms with Crippen LogP contribution in [0.3, 0.4) is 0 Å². The van der Waals surface area contributed by atoms with Gasteiger partial charge in [0.05, 0.1) is 7.11 Å². The van der Waals surface area contributed by atoms with Crippen LogP contribution in [0.15, 0.2) is 18.3 Å². The van der Waals surface area contributed by atoms with Gasteiger partial charge in [-0.2, -0.15) is 0 Å². The van der Waals surface area contributed by atoms with Crippen molar-refractivity contribution in [3.63, 3.8) is 0 Å². The molecule has 1 rings (SSSR count). The molecule has 0 spiro atoms. The van der Waals surface area contributed by atoms with Crippen LogP contribution in [0.4, 0.5) is 5.82 Å². The maximum absolute atomic E-state index is 11.6.